The van der Waals surface area contributed by atoms with Gasteiger partial charge in [0.2, 0.25) is 5.91 Å². The Hall–Kier alpha value is -1.03. The summed E-state index contributed by atoms with van der Waals surface area (Å²) in [6, 6.07) is 7.55. The minimum absolute atomic E-state index is 0.00890. The van der Waals surface area contributed by atoms with Gasteiger partial charge in [0.05, 0.1) is 13.0 Å². The highest BCUT2D eigenvalue weighted by molar-refractivity contribution is 9.10. The van der Waals surface area contributed by atoms with Gasteiger partial charge < -0.3 is 10.1 Å². The van der Waals surface area contributed by atoms with Crippen molar-refractivity contribution in [1.82, 2.24) is 5.32 Å². The third-order valence-corrected chi connectivity index (χ3v) is 2.45. The Morgan fingerprint density at radius 3 is 2.41 bits per heavy atom. The van der Waals surface area contributed by atoms with Crippen molar-refractivity contribution in [1.29, 1.82) is 0 Å². The van der Waals surface area contributed by atoms with Crippen molar-refractivity contribution >= 4 is 21.8 Å². The molecule has 0 aliphatic rings. The van der Waals surface area contributed by atoms with E-state index in [0.717, 1.165) is 10.2 Å². The fourth-order valence-electron chi connectivity index (χ4n) is 1.27. The Bertz CT molecular complexity index is 368. The second kappa shape index (κ2) is 6.05. The molecule has 1 rings (SSSR count). The third-order valence-electron chi connectivity index (χ3n) is 1.93. The molecule has 3 nitrogen and oxygen atoms in total. The van der Waals surface area contributed by atoms with Crippen molar-refractivity contribution < 1.29 is 9.53 Å². The number of halogens is 1. The maximum absolute atomic E-state index is 11.5. The Kier molecular flexibility index (Phi) is 5.00. The van der Waals surface area contributed by atoms with E-state index < -0.39 is 0 Å². The standard InChI is InChI=1S/C13H18BrNO2/c1-13(2,3)15-12(16)8-9-17-11-6-4-10(14)5-7-11/h4-7H,8-9H2,1-3H3,(H,15,16). The highest BCUT2D eigenvalue weighted by Gasteiger charge is 2.13. The fraction of sp³-hybridized carbons (Fsp3) is 0.462. The Morgan fingerprint density at radius 2 is 1.88 bits per heavy atom. The molecule has 0 aromatic heterocycles. The number of ether oxygens (including phenoxy) is 1. The smallest absolute Gasteiger partial charge is 0.223 e. The van der Waals surface area contributed by atoms with E-state index in [1.54, 1.807) is 0 Å². The lowest BCUT2D eigenvalue weighted by Crippen LogP contribution is -2.41. The van der Waals surface area contributed by atoms with Crippen LogP contribution in [0.5, 0.6) is 5.75 Å². The first kappa shape index (κ1) is 14.0. The van der Waals surface area contributed by atoms with Crippen LogP contribution < -0.4 is 10.1 Å². The molecule has 0 saturated carbocycles. The van der Waals surface area contributed by atoms with Crippen LogP contribution in [0.15, 0.2) is 28.7 Å². The van der Waals surface area contributed by atoms with E-state index >= 15 is 0 Å². The maximum atomic E-state index is 11.5. The number of rotatable bonds is 4. The molecule has 0 heterocycles. The summed E-state index contributed by atoms with van der Waals surface area (Å²) in [5.74, 6) is 0.784. The first-order chi connectivity index (χ1) is 7.87. The lowest BCUT2D eigenvalue weighted by molar-refractivity contribution is -0.122. The van der Waals surface area contributed by atoms with Gasteiger partial charge in [0, 0.05) is 10.0 Å². The number of benzene rings is 1. The quantitative estimate of drug-likeness (QED) is 0.927. The number of hydrogen-bond acceptors (Lipinski definition) is 2. The Morgan fingerprint density at radius 1 is 1.29 bits per heavy atom. The van der Waals surface area contributed by atoms with Gasteiger partial charge in [0.15, 0.2) is 0 Å². The number of nitrogens with one attached hydrogen (secondary N) is 1. The van der Waals surface area contributed by atoms with E-state index in [1.807, 2.05) is 45.0 Å². The van der Waals surface area contributed by atoms with Crippen molar-refractivity contribution in [2.45, 2.75) is 32.7 Å². The molecule has 0 aliphatic carbocycles. The van der Waals surface area contributed by atoms with E-state index in [9.17, 15) is 4.79 Å². The van der Waals surface area contributed by atoms with Crippen molar-refractivity contribution in [2.75, 3.05) is 6.61 Å². The summed E-state index contributed by atoms with van der Waals surface area (Å²) < 4.78 is 6.47. The molecule has 1 amide bonds. The molecule has 94 valence electrons. The van der Waals surface area contributed by atoms with Gasteiger partial charge >= 0.3 is 0 Å². The number of hydrogen-bond donors (Lipinski definition) is 1. The summed E-state index contributed by atoms with van der Waals surface area (Å²) in [4.78, 5) is 11.5. The SMILES string of the molecule is CC(C)(C)NC(=O)CCOc1ccc(Br)cc1. The van der Waals surface area contributed by atoms with Crippen LogP contribution in [0.25, 0.3) is 0 Å². The highest BCUT2D eigenvalue weighted by Crippen LogP contribution is 2.16. The average Bonchev–Trinajstić information content (AvgIpc) is 2.18. The van der Waals surface area contributed by atoms with Gasteiger partial charge in [0.25, 0.3) is 0 Å². The van der Waals surface area contributed by atoms with Gasteiger partial charge in [-0.05, 0) is 45.0 Å². The van der Waals surface area contributed by atoms with Gasteiger partial charge in [-0.15, -0.1) is 0 Å². The van der Waals surface area contributed by atoms with Crippen molar-refractivity contribution in [3.63, 3.8) is 0 Å². The van der Waals surface area contributed by atoms with Crippen LogP contribution in [-0.4, -0.2) is 18.1 Å². The summed E-state index contributed by atoms with van der Waals surface area (Å²) in [6.07, 6.45) is 0.368. The minimum atomic E-state index is -0.186. The molecule has 0 spiro atoms. The molecule has 4 heteroatoms. The second-order valence-electron chi connectivity index (χ2n) is 4.85. The van der Waals surface area contributed by atoms with Gasteiger partial charge in [-0.25, -0.2) is 0 Å². The third kappa shape index (κ3) is 6.31. The molecular weight excluding hydrogens is 282 g/mol. The number of amides is 1. The van der Waals surface area contributed by atoms with Crippen LogP contribution in [0.2, 0.25) is 0 Å². The van der Waals surface area contributed by atoms with E-state index in [2.05, 4.69) is 21.2 Å². The van der Waals surface area contributed by atoms with E-state index in [4.69, 9.17) is 4.74 Å². The van der Waals surface area contributed by atoms with Crippen LogP contribution in [0.3, 0.4) is 0 Å². The maximum Gasteiger partial charge on any atom is 0.223 e. The van der Waals surface area contributed by atoms with E-state index in [0.29, 0.717) is 13.0 Å². The van der Waals surface area contributed by atoms with Crippen LogP contribution >= 0.6 is 15.9 Å². The summed E-state index contributed by atoms with van der Waals surface area (Å²) in [5.41, 5.74) is -0.186. The van der Waals surface area contributed by atoms with Crippen LogP contribution in [-0.2, 0) is 4.79 Å². The fourth-order valence-corrected chi connectivity index (χ4v) is 1.54. The van der Waals surface area contributed by atoms with Gasteiger partial charge in [0.1, 0.15) is 5.75 Å². The van der Waals surface area contributed by atoms with Crippen LogP contribution in [0.4, 0.5) is 0 Å². The zero-order valence-corrected chi connectivity index (χ0v) is 12.0. The van der Waals surface area contributed by atoms with E-state index in [1.165, 1.54) is 0 Å². The first-order valence-electron chi connectivity index (χ1n) is 5.56. The minimum Gasteiger partial charge on any atom is -0.493 e. The molecule has 0 fully saturated rings. The molecular formula is C13H18BrNO2. The van der Waals surface area contributed by atoms with Crippen molar-refractivity contribution in [2.24, 2.45) is 0 Å². The molecule has 0 saturated heterocycles. The summed E-state index contributed by atoms with van der Waals surface area (Å²) in [6.45, 7) is 6.27. The van der Waals surface area contributed by atoms with Gasteiger partial charge in [-0.1, -0.05) is 15.9 Å². The molecule has 0 unspecified atom stereocenters. The molecule has 0 bridgehead atoms. The molecule has 0 aliphatic heterocycles. The molecule has 1 aromatic rings. The van der Waals surface area contributed by atoms with Crippen molar-refractivity contribution in [3.8, 4) is 5.75 Å². The molecule has 1 aromatic carbocycles. The number of carbonyl (C=O) groups is 1. The topological polar surface area (TPSA) is 38.3 Å². The lowest BCUT2D eigenvalue weighted by atomic mass is 10.1. The van der Waals surface area contributed by atoms with Crippen LogP contribution in [0.1, 0.15) is 27.2 Å². The molecule has 0 atom stereocenters. The van der Waals surface area contributed by atoms with Gasteiger partial charge in [-0.2, -0.15) is 0 Å². The largest absolute Gasteiger partial charge is 0.493 e. The van der Waals surface area contributed by atoms with Gasteiger partial charge in [-0.3, -0.25) is 4.79 Å². The summed E-state index contributed by atoms with van der Waals surface area (Å²) in [5, 5.41) is 2.89. The number of carbonyl (C=O) groups excluding carboxylic acids is 1. The predicted octanol–water partition coefficient (Wildman–Crippen LogP) is 3.13. The van der Waals surface area contributed by atoms with Crippen molar-refractivity contribution in [3.05, 3.63) is 28.7 Å². The molecule has 1 N–H and O–H groups in total. The monoisotopic (exact) mass is 299 g/mol. The summed E-state index contributed by atoms with van der Waals surface area (Å²) in [7, 11) is 0. The highest BCUT2D eigenvalue weighted by atomic mass is 79.9. The lowest BCUT2D eigenvalue weighted by Gasteiger charge is -2.20. The average molecular weight is 300 g/mol. The zero-order valence-electron chi connectivity index (χ0n) is 10.4. The van der Waals surface area contributed by atoms with E-state index in [-0.39, 0.29) is 11.4 Å². The predicted molar refractivity (Wildman–Crippen MR) is 72.1 cm³/mol. The first-order valence-corrected chi connectivity index (χ1v) is 6.35. The second-order valence-corrected chi connectivity index (χ2v) is 5.77. The van der Waals surface area contributed by atoms with Crippen LogP contribution in [0, 0.1) is 0 Å². The normalized spacial score (nSPS) is 11.1. The Labute approximate surface area is 111 Å². The molecule has 0 radical (unpaired) electrons. The Balaban J connectivity index is 2.28. The summed E-state index contributed by atoms with van der Waals surface area (Å²) >= 11 is 3.35. The molecule has 17 heavy (non-hydrogen) atoms. The zero-order chi connectivity index (χ0) is 12.9.